The third kappa shape index (κ3) is 4.97. The molecule has 1 heterocycles. The summed E-state index contributed by atoms with van der Waals surface area (Å²) in [6, 6.07) is 17.0. The summed E-state index contributed by atoms with van der Waals surface area (Å²) in [6.45, 7) is 2.39. The summed E-state index contributed by atoms with van der Waals surface area (Å²) in [7, 11) is 0. The Bertz CT molecular complexity index is 909. The molecule has 0 atom stereocenters. The van der Waals surface area contributed by atoms with Crippen LogP contribution in [0.15, 0.2) is 54.6 Å². The largest absolute Gasteiger partial charge is 0.352 e. The highest BCUT2D eigenvalue weighted by atomic mass is 32.1. The standard InChI is InChI=1S/C19H18N4O2S/c1-13-6-5-9-15(10-13)18(25)21-19-23-22-17(26-19)11-16(24)20-12-14-7-3-2-4-8-14/h2-10H,11-12H2,1H3,(H,20,24)(H,21,23,25). The van der Waals surface area contributed by atoms with Crippen LogP contribution in [-0.4, -0.2) is 22.0 Å². The fraction of sp³-hybridized carbons (Fsp3) is 0.158. The van der Waals surface area contributed by atoms with Gasteiger partial charge in [-0.3, -0.25) is 14.9 Å². The van der Waals surface area contributed by atoms with Crippen LogP contribution in [0.4, 0.5) is 5.13 Å². The molecule has 7 heteroatoms. The molecule has 0 saturated heterocycles. The van der Waals surface area contributed by atoms with Crippen LogP contribution in [0.2, 0.25) is 0 Å². The van der Waals surface area contributed by atoms with Crippen molar-refractivity contribution in [2.75, 3.05) is 5.32 Å². The van der Waals surface area contributed by atoms with Crippen LogP contribution in [0.3, 0.4) is 0 Å². The highest BCUT2D eigenvalue weighted by Crippen LogP contribution is 2.17. The molecule has 0 radical (unpaired) electrons. The van der Waals surface area contributed by atoms with E-state index in [-0.39, 0.29) is 18.2 Å². The van der Waals surface area contributed by atoms with Gasteiger partial charge in [0.05, 0.1) is 6.42 Å². The van der Waals surface area contributed by atoms with E-state index in [1.807, 2.05) is 49.4 Å². The molecule has 0 aliphatic rings. The Morgan fingerprint density at radius 1 is 1.04 bits per heavy atom. The second kappa shape index (κ2) is 8.35. The SMILES string of the molecule is Cc1cccc(C(=O)Nc2nnc(CC(=O)NCc3ccccc3)s2)c1. The molecule has 3 aromatic rings. The lowest BCUT2D eigenvalue weighted by Gasteiger charge is -2.03. The number of aryl methyl sites for hydroxylation is 1. The van der Waals surface area contributed by atoms with Crippen LogP contribution in [0.1, 0.15) is 26.5 Å². The maximum atomic E-state index is 12.2. The van der Waals surface area contributed by atoms with Crippen molar-refractivity contribution in [1.29, 1.82) is 0 Å². The first-order valence-electron chi connectivity index (χ1n) is 8.11. The second-order valence-corrected chi connectivity index (χ2v) is 6.83. The quantitative estimate of drug-likeness (QED) is 0.702. The van der Waals surface area contributed by atoms with Gasteiger partial charge in [0.25, 0.3) is 5.91 Å². The lowest BCUT2D eigenvalue weighted by atomic mass is 10.1. The Balaban J connectivity index is 1.52. The number of hydrogen-bond donors (Lipinski definition) is 2. The zero-order chi connectivity index (χ0) is 18.4. The number of carbonyl (C=O) groups excluding carboxylic acids is 2. The molecule has 0 fully saturated rings. The van der Waals surface area contributed by atoms with Crippen molar-refractivity contribution in [2.45, 2.75) is 19.9 Å². The van der Waals surface area contributed by atoms with Crippen LogP contribution in [0.25, 0.3) is 0 Å². The summed E-state index contributed by atoms with van der Waals surface area (Å²) in [5.41, 5.74) is 2.59. The maximum absolute atomic E-state index is 12.2. The minimum atomic E-state index is -0.245. The van der Waals surface area contributed by atoms with E-state index in [1.54, 1.807) is 12.1 Å². The molecule has 2 N–H and O–H groups in total. The molecule has 0 spiro atoms. The third-order valence-electron chi connectivity index (χ3n) is 3.61. The zero-order valence-electron chi connectivity index (χ0n) is 14.2. The van der Waals surface area contributed by atoms with Gasteiger partial charge in [-0.25, -0.2) is 0 Å². The number of amides is 2. The smallest absolute Gasteiger partial charge is 0.257 e. The van der Waals surface area contributed by atoms with Crippen molar-refractivity contribution < 1.29 is 9.59 Å². The molecule has 3 rings (SSSR count). The molecule has 26 heavy (non-hydrogen) atoms. The fourth-order valence-electron chi connectivity index (χ4n) is 2.33. The first-order chi connectivity index (χ1) is 12.6. The van der Waals surface area contributed by atoms with Crippen LogP contribution in [-0.2, 0) is 17.8 Å². The van der Waals surface area contributed by atoms with E-state index in [0.717, 1.165) is 11.1 Å². The zero-order valence-corrected chi connectivity index (χ0v) is 15.0. The summed E-state index contributed by atoms with van der Waals surface area (Å²) >= 11 is 1.20. The first-order valence-corrected chi connectivity index (χ1v) is 8.93. The molecule has 132 valence electrons. The summed E-state index contributed by atoms with van der Waals surface area (Å²) in [6.07, 6.45) is 0.130. The summed E-state index contributed by atoms with van der Waals surface area (Å²) in [4.78, 5) is 24.2. The minimum Gasteiger partial charge on any atom is -0.352 e. The number of aromatic nitrogens is 2. The predicted molar refractivity (Wildman–Crippen MR) is 101 cm³/mol. The maximum Gasteiger partial charge on any atom is 0.257 e. The average molecular weight is 366 g/mol. The van der Waals surface area contributed by atoms with Crippen LogP contribution in [0.5, 0.6) is 0 Å². The van der Waals surface area contributed by atoms with Crippen LogP contribution in [0, 0.1) is 6.92 Å². The number of nitrogens with zero attached hydrogens (tertiary/aromatic N) is 2. The van der Waals surface area contributed by atoms with Gasteiger partial charge in [0, 0.05) is 12.1 Å². The van der Waals surface area contributed by atoms with Crippen LogP contribution >= 0.6 is 11.3 Å². The number of nitrogens with one attached hydrogen (secondary N) is 2. The second-order valence-electron chi connectivity index (χ2n) is 5.76. The lowest BCUT2D eigenvalue weighted by molar-refractivity contribution is -0.120. The summed E-state index contributed by atoms with van der Waals surface area (Å²) in [5.74, 6) is -0.383. The Labute approximate surface area is 155 Å². The van der Waals surface area contributed by atoms with Gasteiger partial charge in [-0.2, -0.15) is 0 Å². The minimum absolute atomic E-state index is 0.130. The predicted octanol–water partition coefficient (Wildman–Crippen LogP) is 2.96. The van der Waals surface area contributed by atoms with E-state index in [1.165, 1.54) is 11.3 Å². The molecule has 0 aliphatic heterocycles. The number of rotatable bonds is 6. The molecular weight excluding hydrogens is 348 g/mol. The van der Waals surface area contributed by atoms with Crippen molar-refractivity contribution in [3.8, 4) is 0 Å². The monoisotopic (exact) mass is 366 g/mol. The van der Waals surface area contributed by atoms with E-state index in [2.05, 4.69) is 20.8 Å². The van der Waals surface area contributed by atoms with E-state index in [0.29, 0.717) is 22.2 Å². The molecule has 0 aliphatic carbocycles. The number of benzene rings is 2. The molecule has 6 nitrogen and oxygen atoms in total. The molecular formula is C19H18N4O2S. The van der Waals surface area contributed by atoms with E-state index >= 15 is 0 Å². The normalized spacial score (nSPS) is 10.3. The van der Waals surface area contributed by atoms with Crippen molar-refractivity contribution in [2.24, 2.45) is 0 Å². The van der Waals surface area contributed by atoms with Gasteiger partial charge >= 0.3 is 0 Å². The summed E-state index contributed by atoms with van der Waals surface area (Å²) < 4.78 is 0. The van der Waals surface area contributed by atoms with Crippen molar-refractivity contribution in [3.63, 3.8) is 0 Å². The third-order valence-corrected chi connectivity index (χ3v) is 4.45. The van der Waals surface area contributed by atoms with E-state index in [4.69, 9.17) is 0 Å². The Morgan fingerprint density at radius 3 is 2.62 bits per heavy atom. The van der Waals surface area contributed by atoms with Crippen molar-refractivity contribution >= 4 is 28.3 Å². The topological polar surface area (TPSA) is 84.0 Å². The molecule has 0 saturated carbocycles. The molecule has 0 unspecified atom stereocenters. The lowest BCUT2D eigenvalue weighted by Crippen LogP contribution is -2.24. The average Bonchev–Trinajstić information content (AvgIpc) is 3.07. The molecule has 2 aromatic carbocycles. The van der Waals surface area contributed by atoms with Gasteiger partial charge in [-0.05, 0) is 24.6 Å². The van der Waals surface area contributed by atoms with Gasteiger partial charge in [0.1, 0.15) is 5.01 Å². The summed E-state index contributed by atoms with van der Waals surface area (Å²) in [5, 5.41) is 14.4. The molecule has 2 amide bonds. The Morgan fingerprint density at radius 2 is 1.85 bits per heavy atom. The van der Waals surface area contributed by atoms with E-state index in [9.17, 15) is 9.59 Å². The molecule has 1 aromatic heterocycles. The Kier molecular flexibility index (Phi) is 5.70. The number of anilines is 1. The van der Waals surface area contributed by atoms with Gasteiger partial charge in [-0.1, -0.05) is 59.4 Å². The van der Waals surface area contributed by atoms with Gasteiger partial charge < -0.3 is 5.32 Å². The first kappa shape index (κ1) is 17.8. The number of hydrogen-bond acceptors (Lipinski definition) is 5. The molecule has 0 bridgehead atoms. The highest BCUT2D eigenvalue weighted by molar-refractivity contribution is 7.15. The van der Waals surface area contributed by atoms with Crippen LogP contribution < -0.4 is 10.6 Å². The van der Waals surface area contributed by atoms with Gasteiger partial charge in [0.15, 0.2) is 0 Å². The van der Waals surface area contributed by atoms with Gasteiger partial charge in [0.2, 0.25) is 11.0 Å². The van der Waals surface area contributed by atoms with Crippen molar-refractivity contribution in [1.82, 2.24) is 15.5 Å². The number of carbonyl (C=O) groups is 2. The van der Waals surface area contributed by atoms with Gasteiger partial charge in [-0.15, -0.1) is 10.2 Å². The highest BCUT2D eigenvalue weighted by Gasteiger charge is 2.12. The van der Waals surface area contributed by atoms with Crippen molar-refractivity contribution in [3.05, 3.63) is 76.3 Å². The Hall–Kier alpha value is -3.06. The fourth-order valence-corrected chi connectivity index (χ4v) is 3.06. The van der Waals surface area contributed by atoms with E-state index < -0.39 is 0 Å².